The van der Waals surface area contributed by atoms with Gasteiger partial charge in [-0.25, -0.2) is 0 Å². The fourth-order valence-electron chi connectivity index (χ4n) is 2.57. The molecule has 23 heavy (non-hydrogen) atoms. The van der Waals surface area contributed by atoms with E-state index >= 15 is 0 Å². The molecule has 0 radical (unpaired) electrons. The lowest BCUT2D eigenvalue weighted by Gasteiger charge is -2.09. The Labute approximate surface area is 137 Å². The van der Waals surface area contributed by atoms with Crippen LogP contribution in [0.1, 0.15) is 11.1 Å². The van der Waals surface area contributed by atoms with Crippen LogP contribution in [-0.2, 0) is 6.42 Å². The molecular weight excluding hydrogens is 280 g/mol. The van der Waals surface area contributed by atoms with Crippen molar-refractivity contribution in [2.75, 3.05) is 0 Å². The molecule has 2 nitrogen and oxygen atoms in total. The van der Waals surface area contributed by atoms with Gasteiger partial charge in [-0.15, -0.1) is 0 Å². The van der Waals surface area contributed by atoms with Crippen LogP contribution in [0.5, 0.6) is 0 Å². The van der Waals surface area contributed by atoms with Gasteiger partial charge in [0.1, 0.15) is 0 Å². The number of hydrogen-bond acceptors (Lipinski definition) is 2. The number of allylic oxidation sites excluding steroid dienone is 1. The van der Waals surface area contributed by atoms with Crippen molar-refractivity contribution in [1.82, 2.24) is 5.43 Å². The van der Waals surface area contributed by atoms with Gasteiger partial charge < -0.3 is 5.43 Å². The largest absolute Gasteiger partial charge is 0.324 e. The van der Waals surface area contributed by atoms with Gasteiger partial charge in [0.05, 0.1) is 5.70 Å². The van der Waals surface area contributed by atoms with Crippen molar-refractivity contribution >= 4 is 5.70 Å². The topological polar surface area (TPSA) is 38.0 Å². The van der Waals surface area contributed by atoms with Crippen LogP contribution in [0.4, 0.5) is 0 Å². The lowest BCUT2D eigenvalue weighted by molar-refractivity contribution is 0.984. The van der Waals surface area contributed by atoms with Gasteiger partial charge in [-0.2, -0.15) is 0 Å². The summed E-state index contributed by atoms with van der Waals surface area (Å²) in [6, 6.07) is 29.1. The van der Waals surface area contributed by atoms with E-state index in [0.717, 1.165) is 17.7 Å². The summed E-state index contributed by atoms with van der Waals surface area (Å²) in [4.78, 5) is 0. The molecule has 3 aromatic carbocycles. The van der Waals surface area contributed by atoms with E-state index in [4.69, 9.17) is 5.84 Å². The maximum Gasteiger partial charge on any atom is 0.0520 e. The Hall–Kier alpha value is -2.84. The number of rotatable bonds is 5. The molecule has 0 aliphatic heterocycles. The van der Waals surface area contributed by atoms with Gasteiger partial charge in [0.15, 0.2) is 0 Å². The second-order valence-corrected chi connectivity index (χ2v) is 5.40. The van der Waals surface area contributed by atoms with Gasteiger partial charge >= 0.3 is 0 Å². The van der Waals surface area contributed by atoms with Crippen LogP contribution in [0, 0.1) is 0 Å². The third kappa shape index (κ3) is 3.87. The smallest absolute Gasteiger partial charge is 0.0520 e. The molecule has 0 unspecified atom stereocenters. The van der Waals surface area contributed by atoms with Crippen molar-refractivity contribution in [1.29, 1.82) is 0 Å². The Morgan fingerprint density at radius 1 is 0.739 bits per heavy atom. The Morgan fingerprint density at radius 2 is 1.30 bits per heavy atom. The molecule has 0 aliphatic carbocycles. The molecule has 0 spiro atoms. The van der Waals surface area contributed by atoms with Crippen molar-refractivity contribution in [2.45, 2.75) is 6.42 Å². The number of hydrazine groups is 1. The number of nitrogens with one attached hydrogen (secondary N) is 1. The summed E-state index contributed by atoms with van der Waals surface area (Å²) in [5.74, 6) is 5.70. The van der Waals surface area contributed by atoms with Gasteiger partial charge in [0, 0.05) is 0 Å². The average molecular weight is 300 g/mol. The first-order valence-electron chi connectivity index (χ1n) is 7.73. The first kappa shape index (κ1) is 15.1. The molecule has 3 rings (SSSR count). The molecule has 0 fully saturated rings. The highest BCUT2D eigenvalue weighted by molar-refractivity contribution is 5.69. The van der Waals surface area contributed by atoms with E-state index in [0.29, 0.717) is 0 Å². The molecule has 3 aromatic rings. The van der Waals surface area contributed by atoms with Crippen LogP contribution < -0.4 is 11.3 Å². The molecule has 0 atom stereocenters. The summed E-state index contributed by atoms with van der Waals surface area (Å²) in [5.41, 5.74) is 8.52. The molecule has 2 heteroatoms. The van der Waals surface area contributed by atoms with Crippen LogP contribution in [0.2, 0.25) is 0 Å². The summed E-state index contributed by atoms with van der Waals surface area (Å²) >= 11 is 0. The van der Waals surface area contributed by atoms with E-state index < -0.39 is 0 Å². The summed E-state index contributed by atoms with van der Waals surface area (Å²) in [5, 5.41) is 0. The predicted octanol–water partition coefficient (Wildman–Crippen LogP) is 4.40. The molecular formula is C21H20N2. The molecule has 0 saturated heterocycles. The monoisotopic (exact) mass is 300 g/mol. The quantitative estimate of drug-likeness (QED) is 0.541. The minimum Gasteiger partial charge on any atom is -0.324 e. The molecule has 0 saturated carbocycles. The third-order valence-electron chi connectivity index (χ3n) is 3.84. The van der Waals surface area contributed by atoms with Crippen molar-refractivity contribution in [3.63, 3.8) is 0 Å². The fraction of sp³-hybridized carbons (Fsp3) is 0.0476. The summed E-state index contributed by atoms with van der Waals surface area (Å²) in [6.45, 7) is 0. The fourth-order valence-corrected chi connectivity index (χ4v) is 2.57. The third-order valence-corrected chi connectivity index (χ3v) is 3.84. The van der Waals surface area contributed by atoms with Crippen molar-refractivity contribution in [3.8, 4) is 11.1 Å². The minimum atomic E-state index is 0.848. The highest BCUT2D eigenvalue weighted by Gasteiger charge is 2.01. The average Bonchev–Trinajstić information content (AvgIpc) is 2.64. The van der Waals surface area contributed by atoms with Crippen molar-refractivity contribution in [2.24, 2.45) is 5.84 Å². The van der Waals surface area contributed by atoms with Crippen LogP contribution >= 0.6 is 0 Å². The maximum absolute atomic E-state index is 5.70. The van der Waals surface area contributed by atoms with Crippen molar-refractivity contribution < 1.29 is 0 Å². The standard InChI is InChI=1S/C21H20N2/c22-23-21(16-11-17-7-3-1-4-8-17)20-14-12-19(13-15-20)18-9-5-2-6-10-18/h1-10,12-16,23H,11,22H2/b21-16-. The van der Waals surface area contributed by atoms with Gasteiger partial charge in [0.2, 0.25) is 0 Å². The van der Waals surface area contributed by atoms with E-state index in [1.165, 1.54) is 16.7 Å². The second kappa shape index (κ2) is 7.43. The van der Waals surface area contributed by atoms with Crippen LogP contribution in [0.15, 0.2) is 91.0 Å². The molecule has 3 N–H and O–H groups in total. The van der Waals surface area contributed by atoms with Crippen molar-refractivity contribution in [3.05, 3.63) is 102 Å². The molecule has 114 valence electrons. The lowest BCUT2D eigenvalue weighted by atomic mass is 10.0. The number of benzene rings is 3. The number of hydrogen-bond donors (Lipinski definition) is 2. The zero-order chi connectivity index (χ0) is 15.9. The summed E-state index contributed by atoms with van der Waals surface area (Å²) in [7, 11) is 0. The van der Waals surface area contributed by atoms with Gasteiger partial charge in [-0.05, 0) is 28.7 Å². The Morgan fingerprint density at radius 3 is 1.91 bits per heavy atom. The molecule has 0 amide bonds. The minimum absolute atomic E-state index is 0.848. The van der Waals surface area contributed by atoms with E-state index in [2.05, 4.69) is 72.2 Å². The first-order valence-corrected chi connectivity index (χ1v) is 7.73. The maximum atomic E-state index is 5.70. The summed E-state index contributed by atoms with van der Waals surface area (Å²) in [6.07, 6.45) is 2.97. The predicted molar refractivity (Wildman–Crippen MR) is 97.3 cm³/mol. The Balaban J connectivity index is 1.79. The highest BCUT2D eigenvalue weighted by Crippen LogP contribution is 2.21. The zero-order valence-electron chi connectivity index (χ0n) is 12.9. The van der Waals surface area contributed by atoms with Crippen LogP contribution in [0.25, 0.3) is 16.8 Å². The summed E-state index contributed by atoms with van der Waals surface area (Å²) < 4.78 is 0. The van der Waals surface area contributed by atoms with E-state index in [1.54, 1.807) is 0 Å². The van der Waals surface area contributed by atoms with Gasteiger partial charge in [-0.1, -0.05) is 91.0 Å². The van der Waals surface area contributed by atoms with Crippen LogP contribution in [-0.4, -0.2) is 0 Å². The van der Waals surface area contributed by atoms with E-state index in [-0.39, 0.29) is 0 Å². The molecule has 0 bridgehead atoms. The van der Waals surface area contributed by atoms with Gasteiger partial charge in [0.25, 0.3) is 0 Å². The zero-order valence-corrected chi connectivity index (χ0v) is 12.9. The molecule has 0 aliphatic rings. The lowest BCUT2D eigenvalue weighted by Crippen LogP contribution is -2.20. The Bertz CT molecular complexity index is 760. The van der Waals surface area contributed by atoms with Gasteiger partial charge in [-0.3, -0.25) is 5.84 Å². The molecule has 0 heterocycles. The second-order valence-electron chi connectivity index (χ2n) is 5.40. The SMILES string of the molecule is NN/C(=C\Cc1ccccc1)c1ccc(-c2ccccc2)cc1. The molecule has 0 aromatic heterocycles. The van der Waals surface area contributed by atoms with E-state index in [9.17, 15) is 0 Å². The Kier molecular flexibility index (Phi) is 4.87. The number of nitrogens with two attached hydrogens (primary N) is 1. The normalized spacial score (nSPS) is 11.3. The van der Waals surface area contributed by atoms with Crippen LogP contribution in [0.3, 0.4) is 0 Å². The van der Waals surface area contributed by atoms with E-state index in [1.807, 2.05) is 24.3 Å². The first-order chi connectivity index (χ1) is 11.4. The highest BCUT2D eigenvalue weighted by atomic mass is 15.2.